The molecule has 7 heteroatoms. The van der Waals surface area contributed by atoms with Crippen LogP contribution < -0.4 is 0 Å². The Morgan fingerprint density at radius 1 is 1.26 bits per heavy atom. The quantitative estimate of drug-likeness (QED) is 0.481. The standard InChI is InChI=1S/C20H25NO5S/c1-4-25-20(22)9-5-7-17(3)21(15-18-8-6-14-26-18)27(23,24)19-12-10-16(2)11-13-19/h5-6,8-14,17H,4,7,15H2,1-3H3/b9-5+. The Labute approximate surface area is 160 Å². The third-order valence-electron chi connectivity index (χ3n) is 4.03. The van der Waals surface area contributed by atoms with Crippen molar-refractivity contribution in [2.75, 3.05) is 6.61 Å². The molecule has 1 atom stereocenters. The molecule has 0 saturated carbocycles. The van der Waals surface area contributed by atoms with Crippen LogP contribution in [-0.4, -0.2) is 31.3 Å². The van der Waals surface area contributed by atoms with E-state index in [1.54, 1.807) is 56.3 Å². The lowest BCUT2D eigenvalue weighted by Gasteiger charge is -2.27. The van der Waals surface area contributed by atoms with E-state index in [1.165, 1.54) is 16.6 Å². The first-order valence-electron chi connectivity index (χ1n) is 8.78. The highest BCUT2D eigenvalue weighted by atomic mass is 32.2. The molecular weight excluding hydrogens is 366 g/mol. The van der Waals surface area contributed by atoms with Crippen molar-refractivity contribution >= 4 is 16.0 Å². The Kier molecular flexibility index (Phi) is 7.38. The van der Waals surface area contributed by atoms with Gasteiger partial charge < -0.3 is 9.15 Å². The van der Waals surface area contributed by atoms with E-state index in [0.717, 1.165) is 5.56 Å². The summed E-state index contributed by atoms with van der Waals surface area (Å²) >= 11 is 0. The van der Waals surface area contributed by atoms with Crippen LogP contribution in [-0.2, 0) is 26.1 Å². The van der Waals surface area contributed by atoms with Gasteiger partial charge in [0, 0.05) is 12.1 Å². The van der Waals surface area contributed by atoms with Crippen molar-refractivity contribution in [1.29, 1.82) is 0 Å². The van der Waals surface area contributed by atoms with E-state index < -0.39 is 16.0 Å². The maximum Gasteiger partial charge on any atom is 0.330 e. The van der Waals surface area contributed by atoms with Crippen molar-refractivity contribution in [3.8, 4) is 0 Å². The van der Waals surface area contributed by atoms with Gasteiger partial charge in [-0.05, 0) is 51.5 Å². The number of rotatable bonds is 9. The van der Waals surface area contributed by atoms with Crippen LogP contribution >= 0.6 is 0 Å². The Hall–Kier alpha value is -2.38. The van der Waals surface area contributed by atoms with Crippen molar-refractivity contribution in [3.63, 3.8) is 0 Å². The van der Waals surface area contributed by atoms with Crippen LogP contribution in [0.5, 0.6) is 0 Å². The largest absolute Gasteiger partial charge is 0.468 e. The van der Waals surface area contributed by atoms with Crippen LogP contribution in [0.15, 0.2) is 64.1 Å². The molecule has 0 saturated heterocycles. The highest BCUT2D eigenvalue weighted by molar-refractivity contribution is 7.89. The molecule has 0 aliphatic carbocycles. The predicted octanol–water partition coefficient (Wildman–Crippen LogP) is 3.68. The molecule has 1 aromatic heterocycles. The molecule has 1 aromatic carbocycles. The Bertz CT molecular complexity index is 854. The fourth-order valence-corrected chi connectivity index (χ4v) is 4.16. The van der Waals surface area contributed by atoms with Gasteiger partial charge in [-0.25, -0.2) is 13.2 Å². The van der Waals surface area contributed by atoms with E-state index in [9.17, 15) is 13.2 Å². The number of nitrogens with zero attached hydrogens (tertiary/aromatic N) is 1. The van der Waals surface area contributed by atoms with Crippen molar-refractivity contribution < 1.29 is 22.4 Å². The zero-order valence-electron chi connectivity index (χ0n) is 15.8. The van der Waals surface area contributed by atoms with Gasteiger partial charge in [-0.3, -0.25) is 0 Å². The zero-order chi connectivity index (χ0) is 19.9. The number of hydrogen-bond acceptors (Lipinski definition) is 5. The summed E-state index contributed by atoms with van der Waals surface area (Å²) in [6, 6.07) is 9.80. The lowest BCUT2D eigenvalue weighted by Crippen LogP contribution is -2.37. The fraction of sp³-hybridized carbons (Fsp3) is 0.350. The number of aryl methyl sites for hydroxylation is 1. The van der Waals surface area contributed by atoms with Gasteiger partial charge in [-0.15, -0.1) is 0 Å². The maximum absolute atomic E-state index is 13.2. The first kappa shape index (κ1) is 20.9. The second-order valence-electron chi connectivity index (χ2n) is 6.18. The molecule has 0 fully saturated rings. The number of furan rings is 1. The number of benzene rings is 1. The molecule has 27 heavy (non-hydrogen) atoms. The molecule has 1 unspecified atom stereocenters. The maximum atomic E-state index is 13.2. The lowest BCUT2D eigenvalue weighted by molar-refractivity contribution is -0.137. The average molecular weight is 391 g/mol. The van der Waals surface area contributed by atoms with Crippen molar-refractivity contribution in [1.82, 2.24) is 4.31 Å². The second kappa shape index (κ2) is 9.53. The number of carbonyl (C=O) groups excluding carboxylic acids is 1. The Morgan fingerprint density at radius 2 is 1.96 bits per heavy atom. The molecule has 0 aliphatic heterocycles. The van der Waals surface area contributed by atoms with Crippen LogP contribution in [0.4, 0.5) is 0 Å². The Balaban J connectivity index is 2.24. The van der Waals surface area contributed by atoms with Crippen molar-refractivity contribution in [2.24, 2.45) is 0 Å². The summed E-state index contributed by atoms with van der Waals surface area (Å²) in [4.78, 5) is 11.7. The van der Waals surface area contributed by atoms with Crippen LogP contribution in [0.3, 0.4) is 0 Å². The van der Waals surface area contributed by atoms with Crippen molar-refractivity contribution in [3.05, 3.63) is 66.1 Å². The molecule has 0 radical (unpaired) electrons. The molecule has 0 N–H and O–H groups in total. The van der Waals surface area contributed by atoms with Crippen LogP contribution in [0.1, 0.15) is 31.6 Å². The Morgan fingerprint density at radius 3 is 2.56 bits per heavy atom. The molecule has 0 amide bonds. The number of esters is 1. The SMILES string of the molecule is CCOC(=O)/C=C/CC(C)N(Cc1ccco1)S(=O)(=O)c1ccc(C)cc1. The van der Waals surface area contributed by atoms with Gasteiger partial charge >= 0.3 is 5.97 Å². The highest BCUT2D eigenvalue weighted by Gasteiger charge is 2.29. The van der Waals surface area contributed by atoms with E-state index in [-0.39, 0.29) is 17.5 Å². The minimum Gasteiger partial charge on any atom is -0.468 e. The summed E-state index contributed by atoms with van der Waals surface area (Å²) < 4.78 is 37.9. The smallest absolute Gasteiger partial charge is 0.330 e. The van der Waals surface area contributed by atoms with Crippen LogP contribution in [0.25, 0.3) is 0 Å². The van der Waals surface area contributed by atoms with E-state index in [1.807, 2.05) is 6.92 Å². The molecular formula is C20H25NO5S. The van der Waals surface area contributed by atoms with Gasteiger partial charge in [0.2, 0.25) is 10.0 Å². The van der Waals surface area contributed by atoms with Gasteiger partial charge in [-0.2, -0.15) is 4.31 Å². The topological polar surface area (TPSA) is 76.8 Å². The number of hydrogen-bond donors (Lipinski definition) is 0. The van der Waals surface area contributed by atoms with Crippen LogP contribution in [0.2, 0.25) is 0 Å². The third-order valence-corrected chi connectivity index (χ3v) is 6.00. The third kappa shape index (κ3) is 5.80. The first-order chi connectivity index (χ1) is 12.8. The summed E-state index contributed by atoms with van der Waals surface area (Å²) in [6.07, 6.45) is 4.83. The fourth-order valence-electron chi connectivity index (χ4n) is 2.55. The van der Waals surface area contributed by atoms with Gasteiger partial charge in [0.25, 0.3) is 0 Å². The summed E-state index contributed by atoms with van der Waals surface area (Å²) in [6.45, 7) is 5.83. The summed E-state index contributed by atoms with van der Waals surface area (Å²) in [5.74, 6) is 0.107. The van der Waals surface area contributed by atoms with E-state index in [0.29, 0.717) is 18.8 Å². The first-order valence-corrected chi connectivity index (χ1v) is 10.2. The molecule has 2 rings (SSSR count). The van der Waals surface area contributed by atoms with Gasteiger partial charge in [-0.1, -0.05) is 23.8 Å². The lowest BCUT2D eigenvalue weighted by atomic mass is 10.2. The number of ether oxygens (including phenoxy) is 1. The molecule has 0 spiro atoms. The molecule has 2 aromatic rings. The van der Waals surface area contributed by atoms with E-state index >= 15 is 0 Å². The van der Waals surface area contributed by atoms with E-state index in [4.69, 9.17) is 9.15 Å². The van der Waals surface area contributed by atoms with Gasteiger partial charge in [0.05, 0.1) is 24.3 Å². The monoisotopic (exact) mass is 391 g/mol. The van der Waals surface area contributed by atoms with Gasteiger partial charge in [0.15, 0.2) is 0 Å². The summed E-state index contributed by atoms with van der Waals surface area (Å²) in [5, 5.41) is 0. The number of sulfonamides is 1. The molecule has 0 aliphatic rings. The summed E-state index contributed by atoms with van der Waals surface area (Å²) in [7, 11) is -3.73. The predicted molar refractivity (Wildman–Crippen MR) is 102 cm³/mol. The average Bonchev–Trinajstić information content (AvgIpc) is 3.13. The minimum absolute atomic E-state index is 0.109. The second-order valence-corrected chi connectivity index (χ2v) is 8.07. The molecule has 0 bridgehead atoms. The molecule has 146 valence electrons. The normalized spacial score (nSPS) is 13.2. The van der Waals surface area contributed by atoms with E-state index in [2.05, 4.69) is 0 Å². The minimum atomic E-state index is -3.73. The van der Waals surface area contributed by atoms with Gasteiger partial charge in [0.1, 0.15) is 5.76 Å². The zero-order valence-corrected chi connectivity index (χ0v) is 16.6. The molecule has 1 heterocycles. The summed E-state index contributed by atoms with van der Waals surface area (Å²) in [5.41, 5.74) is 0.983. The van der Waals surface area contributed by atoms with Crippen molar-refractivity contribution in [2.45, 2.75) is 44.7 Å². The molecule has 6 nitrogen and oxygen atoms in total. The van der Waals surface area contributed by atoms with Crippen LogP contribution in [0, 0.1) is 6.92 Å². The highest BCUT2D eigenvalue weighted by Crippen LogP contribution is 2.23. The number of carbonyl (C=O) groups is 1.